The summed E-state index contributed by atoms with van der Waals surface area (Å²) in [7, 11) is 1.81. The number of carbonyl (C=O) groups is 2. The molecule has 2 aromatic rings. The highest BCUT2D eigenvalue weighted by atomic mass is 16.2. The Morgan fingerprint density at radius 3 is 2.82 bits per heavy atom. The van der Waals surface area contributed by atoms with Crippen molar-refractivity contribution >= 4 is 11.8 Å². The van der Waals surface area contributed by atoms with Crippen LogP contribution in [0.3, 0.4) is 0 Å². The fraction of sp³-hybridized carbons (Fsp3) is 0.526. The van der Waals surface area contributed by atoms with Crippen molar-refractivity contribution in [3.8, 4) is 0 Å². The van der Waals surface area contributed by atoms with Gasteiger partial charge in [0.1, 0.15) is 18.2 Å². The molecule has 1 N–H and O–H groups in total. The molecule has 0 saturated carbocycles. The third-order valence-corrected chi connectivity index (χ3v) is 5.81. The number of aryl methyl sites for hydroxylation is 1. The summed E-state index contributed by atoms with van der Waals surface area (Å²) in [4.78, 5) is 43.6. The van der Waals surface area contributed by atoms with E-state index in [1.54, 1.807) is 34.2 Å². The van der Waals surface area contributed by atoms with E-state index < -0.39 is 6.04 Å². The molecule has 2 bridgehead atoms. The lowest BCUT2D eigenvalue weighted by molar-refractivity contribution is -0.135. The van der Waals surface area contributed by atoms with Crippen LogP contribution in [0.4, 0.5) is 0 Å². The number of amides is 2. The molecule has 0 spiro atoms. The van der Waals surface area contributed by atoms with Gasteiger partial charge in [0, 0.05) is 63.6 Å². The van der Waals surface area contributed by atoms with E-state index in [-0.39, 0.29) is 29.2 Å². The van der Waals surface area contributed by atoms with Crippen molar-refractivity contribution in [2.75, 3.05) is 19.6 Å². The lowest BCUT2D eigenvalue weighted by atomic mass is 9.78. The summed E-state index contributed by atoms with van der Waals surface area (Å²) in [6.07, 6.45) is 2.83. The van der Waals surface area contributed by atoms with Crippen molar-refractivity contribution in [3.63, 3.8) is 0 Å². The second-order valence-electron chi connectivity index (χ2n) is 7.56. The Bertz CT molecular complexity index is 965. The van der Waals surface area contributed by atoms with Gasteiger partial charge in [-0.1, -0.05) is 6.07 Å². The number of rotatable bonds is 4. The minimum Gasteiger partial charge on any atom is -0.354 e. The van der Waals surface area contributed by atoms with E-state index >= 15 is 0 Å². The van der Waals surface area contributed by atoms with E-state index in [1.807, 2.05) is 6.07 Å². The van der Waals surface area contributed by atoms with Gasteiger partial charge in [0.05, 0.1) is 0 Å². The van der Waals surface area contributed by atoms with Gasteiger partial charge in [-0.25, -0.2) is 4.98 Å². The molecule has 0 unspecified atom stereocenters. The Balaban J connectivity index is 1.58. The van der Waals surface area contributed by atoms with Crippen LogP contribution < -0.4 is 10.9 Å². The fourth-order valence-corrected chi connectivity index (χ4v) is 4.48. The van der Waals surface area contributed by atoms with Crippen molar-refractivity contribution in [2.24, 2.45) is 13.0 Å². The van der Waals surface area contributed by atoms with Gasteiger partial charge in [-0.15, -0.1) is 0 Å². The molecule has 0 aliphatic carbocycles. The summed E-state index contributed by atoms with van der Waals surface area (Å²) in [5.41, 5.74) is 0.667. The van der Waals surface area contributed by atoms with Crippen LogP contribution in [-0.4, -0.2) is 55.7 Å². The van der Waals surface area contributed by atoms with Gasteiger partial charge in [0.25, 0.3) is 5.56 Å². The predicted molar refractivity (Wildman–Crippen MR) is 101 cm³/mol. The molecule has 2 amide bonds. The molecule has 148 valence electrons. The van der Waals surface area contributed by atoms with E-state index in [9.17, 15) is 14.4 Å². The second kappa shape index (κ2) is 7.21. The number of nitrogens with zero attached hydrogens (tertiary/aromatic N) is 5. The van der Waals surface area contributed by atoms with Gasteiger partial charge in [0.2, 0.25) is 11.8 Å². The van der Waals surface area contributed by atoms with Crippen LogP contribution >= 0.6 is 0 Å². The summed E-state index contributed by atoms with van der Waals surface area (Å²) >= 11 is 0. The van der Waals surface area contributed by atoms with Gasteiger partial charge in [-0.2, -0.15) is 5.10 Å². The zero-order chi connectivity index (χ0) is 19.8. The van der Waals surface area contributed by atoms with Gasteiger partial charge in [-0.05, 0) is 12.5 Å². The molecule has 4 rings (SSSR count). The highest BCUT2D eigenvalue weighted by molar-refractivity contribution is 5.81. The number of pyridine rings is 1. The van der Waals surface area contributed by atoms with Gasteiger partial charge < -0.3 is 10.2 Å². The van der Waals surface area contributed by atoms with E-state index in [1.165, 1.54) is 12.4 Å². The first-order valence-electron chi connectivity index (χ1n) is 9.53. The number of hydrogen-bond acceptors (Lipinski definition) is 5. The Labute approximate surface area is 162 Å². The van der Waals surface area contributed by atoms with Crippen molar-refractivity contribution in [3.05, 3.63) is 46.4 Å². The molecule has 9 heteroatoms. The van der Waals surface area contributed by atoms with Crippen molar-refractivity contribution in [1.82, 2.24) is 29.5 Å². The van der Waals surface area contributed by atoms with Gasteiger partial charge in [0.15, 0.2) is 0 Å². The minimum absolute atomic E-state index is 0.00266. The lowest BCUT2D eigenvalue weighted by Crippen LogP contribution is -2.54. The number of hydrogen-bond donors (Lipinski definition) is 1. The van der Waals surface area contributed by atoms with Crippen molar-refractivity contribution in [1.29, 1.82) is 0 Å². The quantitative estimate of drug-likeness (QED) is 0.789. The van der Waals surface area contributed by atoms with E-state index in [0.717, 1.165) is 17.9 Å². The molecule has 0 aromatic carbocycles. The minimum atomic E-state index is -0.610. The summed E-state index contributed by atoms with van der Waals surface area (Å²) < 4.78 is 3.30. The van der Waals surface area contributed by atoms with E-state index in [2.05, 4.69) is 15.4 Å². The molecule has 1 saturated heterocycles. The highest BCUT2D eigenvalue weighted by Crippen LogP contribution is 2.41. The van der Waals surface area contributed by atoms with E-state index in [0.29, 0.717) is 26.1 Å². The molecule has 9 nitrogen and oxygen atoms in total. The van der Waals surface area contributed by atoms with Crippen LogP contribution in [0.25, 0.3) is 0 Å². The summed E-state index contributed by atoms with van der Waals surface area (Å²) in [5.74, 6) is 0.597. The Hall–Kier alpha value is -2.97. The zero-order valence-electron chi connectivity index (χ0n) is 16.0. The molecule has 4 heterocycles. The molecule has 28 heavy (non-hydrogen) atoms. The number of piperidine rings is 1. The standard InChI is InChI=1S/C19H24N6O3/c1-12(26)24-9-13-8-14(10-24)18(25-15(13)4-3-5-17(25)27)19(28)20-7-6-16-21-11-22-23(16)2/h3-5,11,13-14,18H,6-10H2,1-2H3,(H,20,28)/t13-,14+,18-/m1/s1. The first kappa shape index (κ1) is 18.4. The Morgan fingerprint density at radius 2 is 2.11 bits per heavy atom. The lowest BCUT2D eigenvalue weighted by Gasteiger charge is -2.46. The van der Waals surface area contributed by atoms with Crippen LogP contribution in [0.5, 0.6) is 0 Å². The monoisotopic (exact) mass is 384 g/mol. The van der Waals surface area contributed by atoms with Gasteiger partial charge in [-0.3, -0.25) is 23.6 Å². The van der Waals surface area contributed by atoms with Crippen LogP contribution in [0, 0.1) is 5.92 Å². The smallest absolute Gasteiger partial charge is 0.251 e. The molecule has 3 atom stereocenters. The maximum Gasteiger partial charge on any atom is 0.251 e. The molecule has 2 aliphatic heterocycles. The first-order chi connectivity index (χ1) is 13.5. The summed E-state index contributed by atoms with van der Waals surface area (Å²) in [5, 5.41) is 6.97. The van der Waals surface area contributed by atoms with Gasteiger partial charge >= 0.3 is 0 Å². The molecule has 0 radical (unpaired) electrons. The fourth-order valence-electron chi connectivity index (χ4n) is 4.48. The SMILES string of the molecule is CC(=O)N1C[C@H]2C[C@@H](C1)[C@H](C(=O)NCCc1ncnn1C)n1c2cccc1=O. The van der Waals surface area contributed by atoms with Crippen LogP contribution in [0.15, 0.2) is 29.3 Å². The number of aromatic nitrogens is 4. The van der Waals surface area contributed by atoms with Crippen LogP contribution in [-0.2, 0) is 23.1 Å². The molecular formula is C19H24N6O3. The molecule has 2 aliphatic rings. The second-order valence-corrected chi connectivity index (χ2v) is 7.56. The largest absolute Gasteiger partial charge is 0.354 e. The Kier molecular flexibility index (Phi) is 4.74. The topological polar surface area (TPSA) is 102 Å². The highest BCUT2D eigenvalue weighted by Gasteiger charge is 2.44. The summed E-state index contributed by atoms with van der Waals surface area (Å²) in [6.45, 7) is 3.05. The number of fused-ring (bicyclic) bond motifs is 4. The van der Waals surface area contributed by atoms with Crippen molar-refractivity contribution < 1.29 is 9.59 Å². The normalized spacial score (nSPS) is 23.2. The number of carbonyl (C=O) groups excluding carboxylic acids is 2. The number of likely N-dealkylation sites (tertiary alicyclic amines) is 1. The Morgan fingerprint density at radius 1 is 1.29 bits per heavy atom. The zero-order valence-corrected chi connectivity index (χ0v) is 16.0. The average Bonchev–Trinajstić information content (AvgIpc) is 3.07. The van der Waals surface area contributed by atoms with E-state index in [4.69, 9.17) is 0 Å². The molecular weight excluding hydrogens is 360 g/mol. The number of nitrogens with one attached hydrogen (secondary N) is 1. The molecule has 2 aromatic heterocycles. The van der Waals surface area contributed by atoms with Crippen LogP contribution in [0.2, 0.25) is 0 Å². The van der Waals surface area contributed by atoms with Crippen LogP contribution in [0.1, 0.15) is 36.8 Å². The predicted octanol–water partition coefficient (Wildman–Crippen LogP) is -0.158. The first-order valence-corrected chi connectivity index (χ1v) is 9.53. The third-order valence-electron chi connectivity index (χ3n) is 5.81. The third kappa shape index (κ3) is 3.21. The molecule has 1 fully saturated rings. The maximum atomic E-state index is 13.1. The summed E-state index contributed by atoms with van der Waals surface area (Å²) in [6, 6.07) is 4.50. The maximum absolute atomic E-state index is 13.1. The van der Waals surface area contributed by atoms with Crippen molar-refractivity contribution in [2.45, 2.75) is 31.7 Å². The average molecular weight is 384 g/mol.